The lowest BCUT2D eigenvalue weighted by atomic mass is 10.0. The third-order valence-corrected chi connectivity index (χ3v) is 5.77. The van der Waals surface area contributed by atoms with E-state index in [2.05, 4.69) is 15.6 Å². The Kier molecular flexibility index (Phi) is 7.52. The average Bonchev–Trinajstić information content (AvgIpc) is 2.87. The molecule has 0 fully saturated rings. The summed E-state index contributed by atoms with van der Waals surface area (Å²) in [7, 11) is 1.24. The minimum atomic E-state index is -0.687. The highest BCUT2D eigenvalue weighted by atomic mass is 32.1. The Morgan fingerprint density at radius 3 is 2.51 bits per heavy atom. The standard InChI is InChI=1S/C27H24FN3O3S/c1-34-26(33)22-15-23(31-27(35)29-12-11-17-5-3-2-4-6-17)21-14-19(16-30-24(21)25(22)32)13-18-7-9-20(28)10-8-18/h2-10,14-16,32H,11-13H2,1H3,(H2,29,31,35). The third kappa shape index (κ3) is 5.91. The number of thiocarbonyl (C=S) groups is 1. The molecule has 0 aliphatic carbocycles. The first-order chi connectivity index (χ1) is 16.9. The van der Waals surface area contributed by atoms with Gasteiger partial charge in [0.2, 0.25) is 0 Å². The lowest BCUT2D eigenvalue weighted by Crippen LogP contribution is -2.30. The summed E-state index contributed by atoms with van der Waals surface area (Å²) < 4.78 is 18.1. The van der Waals surface area contributed by atoms with Crippen LogP contribution in [0.15, 0.2) is 72.9 Å². The first-order valence-electron chi connectivity index (χ1n) is 11.0. The topological polar surface area (TPSA) is 83.5 Å². The van der Waals surface area contributed by atoms with Crippen LogP contribution in [-0.4, -0.2) is 34.8 Å². The van der Waals surface area contributed by atoms with Crippen molar-refractivity contribution in [3.63, 3.8) is 0 Å². The van der Waals surface area contributed by atoms with Gasteiger partial charge in [-0.2, -0.15) is 0 Å². The molecule has 0 radical (unpaired) electrons. The van der Waals surface area contributed by atoms with Crippen molar-refractivity contribution in [1.29, 1.82) is 0 Å². The summed E-state index contributed by atoms with van der Waals surface area (Å²) in [6.07, 6.45) is 2.92. The SMILES string of the molecule is COC(=O)c1cc(NC(=S)NCCc2ccccc2)c2cc(Cc3ccc(F)cc3)cnc2c1O. The Labute approximate surface area is 207 Å². The van der Waals surface area contributed by atoms with Crippen LogP contribution in [0.5, 0.6) is 5.75 Å². The van der Waals surface area contributed by atoms with E-state index in [0.717, 1.165) is 17.5 Å². The van der Waals surface area contributed by atoms with E-state index in [1.54, 1.807) is 18.3 Å². The zero-order valence-corrected chi connectivity index (χ0v) is 19.9. The summed E-state index contributed by atoms with van der Waals surface area (Å²) in [5, 5.41) is 18.0. The molecule has 1 aromatic heterocycles. The average molecular weight is 490 g/mol. The molecule has 3 N–H and O–H groups in total. The third-order valence-electron chi connectivity index (χ3n) is 5.52. The van der Waals surface area contributed by atoms with E-state index in [-0.39, 0.29) is 22.6 Å². The van der Waals surface area contributed by atoms with Crippen LogP contribution >= 0.6 is 12.2 Å². The van der Waals surface area contributed by atoms with Gasteiger partial charge in [-0.3, -0.25) is 4.98 Å². The number of benzene rings is 3. The number of nitrogens with zero attached hydrogens (tertiary/aromatic N) is 1. The number of pyridine rings is 1. The van der Waals surface area contributed by atoms with Crippen LogP contribution in [0.25, 0.3) is 10.9 Å². The van der Waals surface area contributed by atoms with Gasteiger partial charge >= 0.3 is 5.97 Å². The molecule has 178 valence electrons. The van der Waals surface area contributed by atoms with Crippen LogP contribution in [-0.2, 0) is 17.6 Å². The number of ether oxygens (including phenoxy) is 1. The minimum absolute atomic E-state index is 0.0200. The van der Waals surface area contributed by atoms with Crippen molar-refractivity contribution in [3.05, 3.63) is 101 Å². The Balaban J connectivity index is 1.61. The zero-order chi connectivity index (χ0) is 24.8. The number of aromatic hydroxyl groups is 1. The van der Waals surface area contributed by atoms with Crippen LogP contribution in [0.3, 0.4) is 0 Å². The molecule has 0 saturated carbocycles. The van der Waals surface area contributed by atoms with Crippen LogP contribution in [0.1, 0.15) is 27.0 Å². The van der Waals surface area contributed by atoms with Crippen molar-refractivity contribution in [2.45, 2.75) is 12.8 Å². The first-order valence-corrected chi connectivity index (χ1v) is 11.4. The number of fused-ring (bicyclic) bond motifs is 1. The van der Waals surface area contributed by atoms with Crippen molar-refractivity contribution < 1.29 is 19.0 Å². The van der Waals surface area contributed by atoms with Crippen molar-refractivity contribution in [3.8, 4) is 5.75 Å². The molecule has 35 heavy (non-hydrogen) atoms. The van der Waals surface area contributed by atoms with E-state index in [9.17, 15) is 14.3 Å². The molecule has 0 unspecified atom stereocenters. The number of methoxy groups -OCH3 is 1. The van der Waals surface area contributed by atoms with E-state index >= 15 is 0 Å². The van der Waals surface area contributed by atoms with Gasteiger partial charge in [-0.25, -0.2) is 9.18 Å². The first kappa shape index (κ1) is 24.1. The summed E-state index contributed by atoms with van der Waals surface area (Å²) in [6, 6.07) is 19.6. The molecular weight excluding hydrogens is 465 g/mol. The van der Waals surface area contributed by atoms with Gasteiger partial charge in [0.15, 0.2) is 10.9 Å². The molecule has 0 saturated heterocycles. The predicted octanol–water partition coefficient (Wildman–Crippen LogP) is 4.99. The second-order valence-corrected chi connectivity index (χ2v) is 8.38. The molecule has 0 spiro atoms. The molecule has 8 heteroatoms. The lowest BCUT2D eigenvalue weighted by Gasteiger charge is -2.16. The highest BCUT2D eigenvalue weighted by Gasteiger charge is 2.20. The van der Waals surface area contributed by atoms with Gasteiger partial charge in [0, 0.05) is 18.1 Å². The number of carbonyl (C=O) groups is 1. The van der Waals surface area contributed by atoms with Gasteiger partial charge in [-0.15, -0.1) is 0 Å². The number of nitrogens with one attached hydrogen (secondary N) is 2. The molecule has 0 amide bonds. The van der Waals surface area contributed by atoms with Gasteiger partial charge in [0.1, 0.15) is 16.9 Å². The molecule has 4 aromatic rings. The van der Waals surface area contributed by atoms with E-state index in [4.69, 9.17) is 17.0 Å². The number of phenols is 1. The van der Waals surface area contributed by atoms with E-state index < -0.39 is 5.97 Å². The van der Waals surface area contributed by atoms with Gasteiger partial charge in [0.05, 0.1) is 12.8 Å². The fourth-order valence-corrected chi connectivity index (χ4v) is 3.97. The van der Waals surface area contributed by atoms with Crippen molar-refractivity contribution >= 4 is 39.9 Å². The van der Waals surface area contributed by atoms with E-state index in [1.165, 1.54) is 30.9 Å². The Bertz CT molecular complexity index is 1360. The molecular formula is C27H24FN3O3S. The Morgan fingerprint density at radius 1 is 1.06 bits per heavy atom. The molecule has 0 bridgehead atoms. The quantitative estimate of drug-likeness (QED) is 0.192. The van der Waals surface area contributed by atoms with E-state index in [1.807, 2.05) is 36.4 Å². The second-order valence-electron chi connectivity index (χ2n) is 7.97. The maximum atomic E-state index is 13.3. The second kappa shape index (κ2) is 10.9. The molecule has 3 aromatic carbocycles. The molecule has 0 aliphatic rings. The largest absolute Gasteiger partial charge is 0.505 e. The number of carbonyl (C=O) groups excluding carboxylic acids is 1. The normalized spacial score (nSPS) is 10.7. The monoisotopic (exact) mass is 489 g/mol. The van der Waals surface area contributed by atoms with Gasteiger partial charge in [-0.05, 0) is 66.0 Å². The number of rotatable bonds is 7. The molecule has 6 nitrogen and oxygen atoms in total. The minimum Gasteiger partial charge on any atom is -0.505 e. The Hall–Kier alpha value is -4.04. The van der Waals surface area contributed by atoms with Crippen LogP contribution in [0.4, 0.5) is 10.1 Å². The summed E-state index contributed by atoms with van der Waals surface area (Å²) in [6.45, 7) is 0.615. The fourth-order valence-electron chi connectivity index (χ4n) is 3.76. The molecule has 4 rings (SSSR count). The fraction of sp³-hybridized carbons (Fsp3) is 0.148. The van der Waals surface area contributed by atoms with Crippen molar-refractivity contribution in [1.82, 2.24) is 10.3 Å². The van der Waals surface area contributed by atoms with Gasteiger partial charge < -0.3 is 20.5 Å². The number of hydrogen-bond acceptors (Lipinski definition) is 5. The summed E-state index contributed by atoms with van der Waals surface area (Å²) in [5.74, 6) is -1.26. The predicted molar refractivity (Wildman–Crippen MR) is 138 cm³/mol. The van der Waals surface area contributed by atoms with Crippen LogP contribution in [0.2, 0.25) is 0 Å². The maximum absolute atomic E-state index is 13.3. The molecule has 0 aliphatic heterocycles. The maximum Gasteiger partial charge on any atom is 0.341 e. The van der Waals surface area contributed by atoms with Crippen molar-refractivity contribution in [2.75, 3.05) is 19.0 Å². The van der Waals surface area contributed by atoms with Crippen LogP contribution in [0, 0.1) is 5.82 Å². The number of hydrogen-bond donors (Lipinski definition) is 3. The Morgan fingerprint density at radius 2 is 1.80 bits per heavy atom. The van der Waals surface area contributed by atoms with E-state index in [0.29, 0.717) is 29.2 Å². The smallest absolute Gasteiger partial charge is 0.341 e. The number of halogens is 1. The van der Waals surface area contributed by atoms with Crippen molar-refractivity contribution in [2.24, 2.45) is 0 Å². The number of phenolic OH excluding ortho intramolecular Hbond substituents is 1. The number of anilines is 1. The summed E-state index contributed by atoms with van der Waals surface area (Å²) in [5.41, 5.74) is 3.67. The van der Waals surface area contributed by atoms with Crippen LogP contribution < -0.4 is 10.6 Å². The summed E-state index contributed by atoms with van der Waals surface area (Å²) >= 11 is 5.48. The molecule has 0 atom stereocenters. The number of aromatic nitrogens is 1. The summed E-state index contributed by atoms with van der Waals surface area (Å²) in [4.78, 5) is 16.7. The zero-order valence-electron chi connectivity index (χ0n) is 19.0. The lowest BCUT2D eigenvalue weighted by molar-refractivity contribution is 0.0598. The highest BCUT2D eigenvalue weighted by molar-refractivity contribution is 7.80. The highest BCUT2D eigenvalue weighted by Crippen LogP contribution is 2.34. The van der Waals surface area contributed by atoms with Gasteiger partial charge in [-0.1, -0.05) is 42.5 Å². The number of esters is 1. The van der Waals surface area contributed by atoms with Gasteiger partial charge in [0.25, 0.3) is 0 Å². The molecule has 1 heterocycles.